The third kappa shape index (κ3) is 1.70. The second-order valence-electron chi connectivity index (χ2n) is 3.40. The number of nitrogen functional groups attached to an aromatic ring is 1. The number of hydrogen-bond acceptors (Lipinski definition) is 5. The van der Waals surface area contributed by atoms with E-state index in [1.54, 1.807) is 19.2 Å². The van der Waals surface area contributed by atoms with Crippen molar-refractivity contribution in [3.8, 4) is 11.9 Å². The molecule has 80 valence electrons. The molecule has 0 unspecified atom stereocenters. The monoisotopic (exact) mass is 214 g/mol. The van der Waals surface area contributed by atoms with Gasteiger partial charge in [0.2, 0.25) is 0 Å². The number of nitriles is 1. The Balaban J connectivity index is 2.55. The maximum absolute atomic E-state index is 8.77. The molecule has 0 fully saturated rings. The van der Waals surface area contributed by atoms with E-state index in [2.05, 4.69) is 15.1 Å². The van der Waals surface area contributed by atoms with Crippen LogP contribution < -0.4 is 5.73 Å². The van der Waals surface area contributed by atoms with E-state index in [9.17, 15) is 0 Å². The molecule has 2 N–H and O–H groups in total. The highest BCUT2D eigenvalue weighted by molar-refractivity contribution is 5.48. The number of nitrogens with two attached hydrogens (primary N) is 1. The molecule has 2 rings (SSSR count). The highest BCUT2D eigenvalue weighted by Crippen LogP contribution is 2.12. The summed E-state index contributed by atoms with van der Waals surface area (Å²) in [6, 6.07) is 3.74. The molecule has 16 heavy (non-hydrogen) atoms. The van der Waals surface area contributed by atoms with Crippen LogP contribution in [0.15, 0.2) is 12.3 Å². The Morgan fingerprint density at radius 2 is 2.12 bits per heavy atom. The Kier molecular flexibility index (Phi) is 2.29. The first-order chi connectivity index (χ1) is 7.60. The van der Waals surface area contributed by atoms with Crippen molar-refractivity contribution < 1.29 is 0 Å². The summed E-state index contributed by atoms with van der Waals surface area (Å²) in [5.41, 5.74) is 6.75. The average molecular weight is 214 g/mol. The third-order valence-electron chi connectivity index (χ3n) is 2.05. The summed E-state index contributed by atoms with van der Waals surface area (Å²) < 4.78 is 1.48. The first-order valence-corrected chi connectivity index (χ1v) is 4.68. The van der Waals surface area contributed by atoms with Gasteiger partial charge in [-0.2, -0.15) is 5.26 Å². The highest BCUT2D eigenvalue weighted by Gasteiger charge is 2.08. The molecule has 2 aromatic heterocycles. The standard InChI is InChI=1S/C10H10N6/c1-6-3-9(14-7(2)13-6)16-5-8(4-11)10(12)15-16/h3,5H,1-2H3,(H2,12,15). The molecule has 0 atom stereocenters. The molecule has 0 saturated carbocycles. The Labute approximate surface area is 92.4 Å². The van der Waals surface area contributed by atoms with Crippen LogP contribution in [0.4, 0.5) is 5.82 Å². The van der Waals surface area contributed by atoms with Gasteiger partial charge in [-0.3, -0.25) is 0 Å². The van der Waals surface area contributed by atoms with Crippen LogP contribution in [0.1, 0.15) is 17.1 Å². The molecule has 0 radical (unpaired) electrons. The van der Waals surface area contributed by atoms with Gasteiger partial charge in [0, 0.05) is 11.8 Å². The van der Waals surface area contributed by atoms with Gasteiger partial charge in [-0.15, -0.1) is 5.10 Å². The van der Waals surface area contributed by atoms with Crippen LogP contribution in [0.2, 0.25) is 0 Å². The second-order valence-corrected chi connectivity index (χ2v) is 3.40. The number of anilines is 1. The third-order valence-corrected chi connectivity index (χ3v) is 2.05. The predicted octanol–water partition coefficient (Wildman–Crippen LogP) is 0.733. The van der Waals surface area contributed by atoms with Crippen molar-refractivity contribution in [2.24, 2.45) is 0 Å². The zero-order chi connectivity index (χ0) is 11.7. The maximum Gasteiger partial charge on any atom is 0.163 e. The molecule has 6 heteroatoms. The van der Waals surface area contributed by atoms with E-state index < -0.39 is 0 Å². The van der Waals surface area contributed by atoms with Crippen molar-refractivity contribution in [2.75, 3.05) is 5.73 Å². The quantitative estimate of drug-likeness (QED) is 0.755. The lowest BCUT2D eigenvalue weighted by Crippen LogP contribution is -2.02. The van der Waals surface area contributed by atoms with Gasteiger partial charge < -0.3 is 5.73 Å². The maximum atomic E-state index is 8.77. The van der Waals surface area contributed by atoms with E-state index >= 15 is 0 Å². The molecule has 0 spiro atoms. The zero-order valence-electron chi connectivity index (χ0n) is 8.97. The van der Waals surface area contributed by atoms with Gasteiger partial charge in [0.05, 0.1) is 6.20 Å². The van der Waals surface area contributed by atoms with Gasteiger partial charge in [-0.1, -0.05) is 0 Å². The van der Waals surface area contributed by atoms with Crippen LogP contribution in [-0.2, 0) is 0 Å². The van der Waals surface area contributed by atoms with E-state index in [4.69, 9.17) is 11.0 Å². The van der Waals surface area contributed by atoms with Gasteiger partial charge in [-0.25, -0.2) is 14.6 Å². The fraction of sp³-hybridized carbons (Fsp3) is 0.200. The van der Waals surface area contributed by atoms with Gasteiger partial charge >= 0.3 is 0 Å². The Bertz CT molecular complexity index is 557. The van der Waals surface area contributed by atoms with Crippen molar-refractivity contribution in [3.05, 3.63) is 29.3 Å². The summed E-state index contributed by atoms with van der Waals surface area (Å²) in [4.78, 5) is 8.38. The number of hydrogen-bond donors (Lipinski definition) is 1. The molecular formula is C10H10N6. The summed E-state index contributed by atoms with van der Waals surface area (Å²) in [6.07, 6.45) is 1.55. The smallest absolute Gasteiger partial charge is 0.163 e. The first-order valence-electron chi connectivity index (χ1n) is 4.68. The van der Waals surface area contributed by atoms with Crippen LogP contribution >= 0.6 is 0 Å². The minimum atomic E-state index is 0.205. The SMILES string of the molecule is Cc1cc(-n2cc(C#N)c(N)n2)nc(C)n1. The molecule has 0 aliphatic rings. The van der Waals surface area contributed by atoms with Gasteiger partial charge in [-0.05, 0) is 13.8 Å². The van der Waals surface area contributed by atoms with Gasteiger partial charge in [0.15, 0.2) is 11.6 Å². The molecular weight excluding hydrogens is 204 g/mol. The van der Waals surface area contributed by atoms with Gasteiger partial charge in [0.25, 0.3) is 0 Å². The van der Waals surface area contributed by atoms with E-state index in [0.29, 0.717) is 17.2 Å². The fourth-order valence-electron chi connectivity index (χ4n) is 1.41. The van der Waals surface area contributed by atoms with Crippen molar-refractivity contribution in [1.82, 2.24) is 19.7 Å². The van der Waals surface area contributed by atoms with E-state index in [1.807, 2.05) is 13.0 Å². The lowest BCUT2D eigenvalue weighted by Gasteiger charge is -2.02. The molecule has 6 nitrogen and oxygen atoms in total. The Morgan fingerprint density at radius 3 is 2.69 bits per heavy atom. The number of aromatic nitrogens is 4. The molecule has 0 amide bonds. The average Bonchev–Trinajstić information content (AvgIpc) is 2.58. The van der Waals surface area contributed by atoms with Crippen molar-refractivity contribution in [1.29, 1.82) is 5.26 Å². The number of nitrogens with zero attached hydrogens (tertiary/aromatic N) is 5. The summed E-state index contributed by atoms with van der Waals surface area (Å²) >= 11 is 0. The number of aryl methyl sites for hydroxylation is 2. The van der Waals surface area contributed by atoms with Crippen molar-refractivity contribution in [3.63, 3.8) is 0 Å². The molecule has 0 aliphatic heterocycles. The van der Waals surface area contributed by atoms with E-state index in [-0.39, 0.29) is 5.82 Å². The van der Waals surface area contributed by atoms with Crippen molar-refractivity contribution in [2.45, 2.75) is 13.8 Å². The molecule has 2 heterocycles. The Morgan fingerprint density at radius 1 is 1.38 bits per heavy atom. The Hall–Kier alpha value is -2.42. The summed E-state index contributed by atoms with van der Waals surface area (Å²) in [6.45, 7) is 3.67. The van der Waals surface area contributed by atoms with Crippen LogP contribution in [-0.4, -0.2) is 19.7 Å². The molecule has 0 bridgehead atoms. The molecule has 2 aromatic rings. The van der Waals surface area contributed by atoms with Crippen LogP contribution in [0.5, 0.6) is 0 Å². The van der Waals surface area contributed by atoms with Gasteiger partial charge in [0.1, 0.15) is 17.5 Å². The van der Waals surface area contributed by atoms with Crippen LogP contribution in [0.25, 0.3) is 5.82 Å². The summed E-state index contributed by atoms with van der Waals surface area (Å²) in [5.74, 6) is 1.47. The van der Waals surface area contributed by atoms with Crippen molar-refractivity contribution >= 4 is 5.82 Å². The highest BCUT2D eigenvalue weighted by atomic mass is 15.3. The zero-order valence-corrected chi connectivity index (χ0v) is 8.97. The molecule has 0 saturated heterocycles. The van der Waals surface area contributed by atoms with Crippen LogP contribution in [0.3, 0.4) is 0 Å². The van der Waals surface area contributed by atoms with Crippen LogP contribution in [0, 0.1) is 25.2 Å². The number of rotatable bonds is 1. The summed E-state index contributed by atoms with van der Waals surface area (Å²) in [7, 11) is 0. The normalized spacial score (nSPS) is 10.1. The fourth-order valence-corrected chi connectivity index (χ4v) is 1.41. The molecule has 0 aromatic carbocycles. The van der Waals surface area contributed by atoms with E-state index in [1.165, 1.54) is 4.68 Å². The largest absolute Gasteiger partial charge is 0.381 e. The first kappa shape index (κ1) is 10.1. The second kappa shape index (κ2) is 3.62. The van der Waals surface area contributed by atoms with E-state index in [0.717, 1.165) is 5.69 Å². The minimum Gasteiger partial charge on any atom is -0.381 e. The topological polar surface area (TPSA) is 93.4 Å². The lowest BCUT2D eigenvalue weighted by atomic mass is 10.4. The summed E-state index contributed by atoms with van der Waals surface area (Å²) in [5, 5.41) is 12.8. The lowest BCUT2D eigenvalue weighted by molar-refractivity contribution is 0.825. The molecule has 0 aliphatic carbocycles. The predicted molar refractivity (Wildman–Crippen MR) is 57.8 cm³/mol. The minimum absolute atomic E-state index is 0.205.